The molecule has 0 aliphatic carbocycles. The zero-order valence-electron chi connectivity index (χ0n) is 15.0. The van der Waals surface area contributed by atoms with Gasteiger partial charge in [0.2, 0.25) is 5.95 Å². The van der Waals surface area contributed by atoms with Gasteiger partial charge in [-0.25, -0.2) is 9.78 Å². The summed E-state index contributed by atoms with van der Waals surface area (Å²) in [6.45, 7) is 4.28. The number of rotatable bonds is 4. The van der Waals surface area contributed by atoms with Crippen molar-refractivity contribution in [3.05, 3.63) is 54.2 Å². The molecule has 1 aromatic carbocycles. The number of benzene rings is 1. The van der Waals surface area contributed by atoms with Crippen molar-refractivity contribution in [2.45, 2.75) is 20.1 Å². The first-order valence-electron chi connectivity index (χ1n) is 8.72. The van der Waals surface area contributed by atoms with E-state index in [1.807, 2.05) is 50.5 Å². The first-order valence-corrected chi connectivity index (χ1v) is 8.72. The zero-order valence-corrected chi connectivity index (χ0v) is 15.0. The van der Waals surface area contributed by atoms with Crippen molar-refractivity contribution in [2.24, 2.45) is 0 Å². The van der Waals surface area contributed by atoms with Crippen molar-refractivity contribution in [2.75, 3.05) is 11.9 Å². The monoisotopic (exact) mass is 364 g/mol. The van der Waals surface area contributed by atoms with E-state index >= 15 is 0 Å². The van der Waals surface area contributed by atoms with Crippen molar-refractivity contribution in [3.63, 3.8) is 0 Å². The van der Waals surface area contributed by atoms with Crippen LogP contribution in [0, 0.1) is 0 Å². The molecule has 8 heteroatoms. The van der Waals surface area contributed by atoms with E-state index in [2.05, 4.69) is 30.9 Å². The fourth-order valence-corrected chi connectivity index (χ4v) is 3.02. The Labute approximate surface area is 156 Å². The molecule has 2 amide bonds. The lowest BCUT2D eigenvalue weighted by Crippen LogP contribution is -2.28. The summed E-state index contributed by atoms with van der Waals surface area (Å²) in [5.74, 6) is 1.18. The smallest absolute Gasteiger partial charge is 0.321 e. The van der Waals surface area contributed by atoms with Gasteiger partial charge in [0.15, 0.2) is 6.23 Å². The number of anilines is 1. The van der Waals surface area contributed by atoms with E-state index < -0.39 is 0 Å². The van der Waals surface area contributed by atoms with Crippen molar-refractivity contribution >= 4 is 23.0 Å². The third-order valence-corrected chi connectivity index (χ3v) is 4.20. The van der Waals surface area contributed by atoms with Crippen LogP contribution in [0.2, 0.25) is 0 Å². The molecule has 0 saturated heterocycles. The Morgan fingerprint density at radius 3 is 2.93 bits per heavy atom. The molecule has 8 nitrogen and oxygen atoms in total. The third-order valence-electron chi connectivity index (χ3n) is 4.20. The number of H-pyrrole nitrogens is 1. The van der Waals surface area contributed by atoms with E-state index in [9.17, 15) is 4.79 Å². The number of allylic oxidation sites excluding steroid dienone is 1. The number of carbonyl (C=O) groups is 1. The Morgan fingerprint density at radius 2 is 2.22 bits per heavy atom. The number of nitrogens with one attached hydrogen (secondary N) is 4. The van der Waals surface area contributed by atoms with Crippen molar-refractivity contribution in [1.29, 1.82) is 0 Å². The molecule has 2 aromatic heterocycles. The highest BCUT2D eigenvalue weighted by atomic mass is 16.5. The Morgan fingerprint density at radius 1 is 1.33 bits per heavy atom. The Bertz CT molecular complexity index is 1010. The van der Waals surface area contributed by atoms with Crippen molar-refractivity contribution in [3.8, 4) is 11.1 Å². The molecule has 0 bridgehead atoms. The fraction of sp³-hybridized carbons (Fsp3) is 0.211. The maximum absolute atomic E-state index is 11.8. The number of urea groups is 1. The minimum atomic E-state index is -0.343. The molecule has 1 aliphatic rings. The van der Waals surface area contributed by atoms with Crippen LogP contribution in [-0.4, -0.2) is 27.5 Å². The van der Waals surface area contributed by atoms with E-state index in [4.69, 9.17) is 4.74 Å². The highest BCUT2D eigenvalue weighted by Crippen LogP contribution is 2.33. The van der Waals surface area contributed by atoms with E-state index in [1.165, 1.54) is 0 Å². The number of aromatic amines is 1. The largest absolute Gasteiger partial charge is 0.470 e. The van der Waals surface area contributed by atoms with Crippen LogP contribution in [-0.2, 0) is 4.74 Å². The van der Waals surface area contributed by atoms with Gasteiger partial charge >= 0.3 is 6.03 Å². The van der Waals surface area contributed by atoms with Crippen LogP contribution in [0.5, 0.6) is 0 Å². The van der Waals surface area contributed by atoms with Gasteiger partial charge in [-0.3, -0.25) is 10.3 Å². The van der Waals surface area contributed by atoms with Crippen LogP contribution in [0.15, 0.2) is 48.6 Å². The molecule has 1 atom stereocenters. The summed E-state index contributed by atoms with van der Waals surface area (Å²) < 4.78 is 5.86. The molecule has 0 spiro atoms. The molecule has 3 aromatic rings. The number of hydrogen-bond donors (Lipinski definition) is 4. The second-order valence-corrected chi connectivity index (χ2v) is 6.19. The second-order valence-electron chi connectivity index (χ2n) is 6.19. The Hall–Kier alpha value is -3.55. The summed E-state index contributed by atoms with van der Waals surface area (Å²) in [6.07, 6.45) is 5.03. The van der Waals surface area contributed by atoms with Gasteiger partial charge in [-0.2, -0.15) is 0 Å². The number of imidazole rings is 1. The van der Waals surface area contributed by atoms with Gasteiger partial charge in [0.1, 0.15) is 5.76 Å². The number of carbonyl (C=O) groups excluding carboxylic acids is 1. The van der Waals surface area contributed by atoms with Crippen molar-refractivity contribution < 1.29 is 9.53 Å². The quantitative estimate of drug-likeness (QED) is 0.569. The molecule has 0 radical (unpaired) electrons. The predicted octanol–water partition coefficient (Wildman–Crippen LogP) is 3.25. The highest BCUT2D eigenvalue weighted by Gasteiger charge is 2.23. The predicted molar refractivity (Wildman–Crippen MR) is 103 cm³/mol. The van der Waals surface area contributed by atoms with Gasteiger partial charge in [-0.15, -0.1) is 0 Å². The van der Waals surface area contributed by atoms with Gasteiger partial charge in [-0.1, -0.05) is 6.07 Å². The zero-order chi connectivity index (χ0) is 18.8. The Kier molecular flexibility index (Phi) is 4.37. The van der Waals surface area contributed by atoms with Crippen LogP contribution in [0.1, 0.15) is 25.6 Å². The standard InChI is InChI=1S/C19H20N6O2/c1-3-21-19(26)25-18-23-15-8-13(12-5-4-6-20-10-12)7-14(16(15)24-18)17-22-9-11(2)27-17/h4-10,17,22H,3H2,1-2H3,(H3,21,23,24,25,26). The van der Waals surface area contributed by atoms with Crippen molar-refractivity contribution in [1.82, 2.24) is 25.6 Å². The lowest BCUT2D eigenvalue weighted by atomic mass is 10.0. The number of amides is 2. The molecule has 1 aliphatic heterocycles. The summed E-state index contributed by atoms with van der Waals surface area (Å²) in [7, 11) is 0. The number of nitrogens with zero attached hydrogens (tertiary/aromatic N) is 2. The summed E-state index contributed by atoms with van der Waals surface area (Å²) in [5.41, 5.74) is 4.37. The van der Waals surface area contributed by atoms with Crippen LogP contribution < -0.4 is 16.0 Å². The van der Waals surface area contributed by atoms with Gasteiger partial charge in [0, 0.05) is 36.3 Å². The lowest BCUT2D eigenvalue weighted by molar-refractivity contribution is 0.131. The molecule has 27 heavy (non-hydrogen) atoms. The van der Waals surface area contributed by atoms with E-state index in [0.29, 0.717) is 12.5 Å². The highest BCUT2D eigenvalue weighted by molar-refractivity contribution is 5.92. The fourth-order valence-electron chi connectivity index (χ4n) is 3.02. The maximum atomic E-state index is 11.8. The third kappa shape index (κ3) is 3.41. The maximum Gasteiger partial charge on any atom is 0.321 e. The normalized spacial score (nSPS) is 15.8. The van der Waals surface area contributed by atoms with Gasteiger partial charge < -0.3 is 20.4 Å². The SMILES string of the molecule is CCNC(=O)Nc1nc2c(C3NC=C(C)O3)cc(-c3cccnc3)cc2[nH]1. The summed E-state index contributed by atoms with van der Waals surface area (Å²) >= 11 is 0. The number of pyridine rings is 1. The minimum absolute atomic E-state index is 0.307. The van der Waals surface area contributed by atoms with Crippen LogP contribution in [0.3, 0.4) is 0 Å². The Balaban J connectivity index is 1.79. The first kappa shape index (κ1) is 16.9. The summed E-state index contributed by atoms with van der Waals surface area (Å²) in [5, 5.41) is 8.61. The van der Waals surface area contributed by atoms with E-state index in [-0.39, 0.29) is 12.3 Å². The molecule has 4 N–H and O–H groups in total. The molecule has 138 valence electrons. The average Bonchev–Trinajstić information content (AvgIpc) is 3.27. The first-order chi connectivity index (χ1) is 13.1. The van der Waals surface area contributed by atoms with Gasteiger partial charge in [0.05, 0.1) is 11.0 Å². The number of hydrogen-bond acceptors (Lipinski definition) is 5. The minimum Gasteiger partial charge on any atom is -0.470 e. The summed E-state index contributed by atoms with van der Waals surface area (Å²) in [4.78, 5) is 23.7. The van der Waals surface area contributed by atoms with Gasteiger partial charge in [0.25, 0.3) is 0 Å². The molecule has 3 heterocycles. The van der Waals surface area contributed by atoms with Crippen LogP contribution in [0.4, 0.5) is 10.7 Å². The second kappa shape index (κ2) is 6.99. The molecular formula is C19H20N6O2. The molecular weight excluding hydrogens is 344 g/mol. The molecule has 0 saturated carbocycles. The molecule has 0 fully saturated rings. The lowest BCUT2D eigenvalue weighted by Gasteiger charge is -2.15. The summed E-state index contributed by atoms with van der Waals surface area (Å²) in [6, 6.07) is 7.60. The average molecular weight is 364 g/mol. The number of fused-ring (bicyclic) bond motifs is 1. The van der Waals surface area contributed by atoms with Crippen LogP contribution in [0.25, 0.3) is 22.2 Å². The number of ether oxygens (including phenoxy) is 1. The topological polar surface area (TPSA) is 104 Å². The molecule has 4 rings (SSSR count). The van der Waals surface area contributed by atoms with E-state index in [0.717, 1.165) is 33.5 Å². The molecule has 1 unspecified atom stereocenters. The number of aromatic nitrogens is 3. The van der Waals surface area contributed by atoms with E-state index in [1.54, 1.807) is 6.20 Å². The van der Waals surface area contributed by atoms with Crippen LogP contribution >= 0.6 is 0 Å². The van der Waals surface area contributed by atoms with Gasteiger partial charge in [-0.05, 0) is 37.6 Å².